The van der Waals surface area contributed by atoms with Gasteiger partial charge in [-0.3, -0.25) is 0 Å². The molecule has 2 saturated carbocycles. The highest BCUT2D eigenvalue weighted by molar-refractivity contribution is 6.31. The van der Waals surface area contributed by atoms with Gasteiger partial charge in [0.05, 0.1) is 18.8 Å². The molecular formula is C27H33ClO4. The zero-order chi connectivity index (χ0) is 22.3. The van der Waals surface area contributed by atoms with Gasteiger partial charge in [0.25, 0.3) is 0 Å². The topological polar surface area (TPSA) is 69.9 Å². The Labute approximate surface area is 195 Å². The van der Waals surface area contributed by atoms with Crippen LogP contribution < -0.4 is 0 Å². The molecule has 5 heteroatoms. The minimum absolute atomic E-state index is 0.288. The molecule has 1 saturated heterocycles. The molecule has 3 aliphatic rings. The summed E-state index contributed by atoms with van der Waals surface area (Å²) < 4.78 is 5.85. The summed E-state index contributed by atoms with van der Waals surface area (Å²) in [5.41, 5.74) is 5.32. The molecule has 2 aromatic rings. The molecule has 2 aromatic carbocycles. The summed E-state index contributed by atoms with van der Waals surface area (Å²) in [7, 11) is 0. The number of aliphatic hydroxyl groups is 3. The van der Waals surface area contributed by atoms with Crippen molar-refractivity contribution in [3.8, 4) is 0 Å². The zero-order valence-corrected chi connectivity index (χ0v) is 19.2. The van der Waals surface area contributed by atoms with E-state index < -0.39 is 18.3 Å². The van der Waals surface area contributed by atoms with Crippen LogP contribution >= 0.6 is 11.6 Å². The van der Waals surface area contributed by atoms with E-state index in [0.717, 1.165) is 23.0 Å². The van der Waals surface area contributed by atoms with Gasteiger partial charge in [-0.1, -0.05) is 48.0 Å². The molecule has 0 bridgehead atoms. The Bertz CT molecular complexity index is 929. The van der Waals surface area contributed by atoms with Gasteiger partial charge in [-0.15, -0.1) is 0 Å². The molecule has 3 N–H and O–H groups in total. The van der Waals surface area contributed by atoms with Gasteiger partial charge in [-0.25, -0.2) is 0 Å². The van der Waals surface area contributed by atoms with Crippen molar-refractivity contribution in [3.05, 3.63) is 69.7 Å². The fourth-order valence-corrected chi connectivity index (χ4v) is 5.80. The first kappa shape index (κ1) is 22.4. The molecule has 0 amide bonds. The second-order valence-corrected chi connectivity index (χ2v) is 10.6. The number of ether oxygens (including phenoxy) is 1. The Morgan fingerprint density at radius 1 is 0.938 bits per heavy atom. The minimum atomic E-state index is -1.07. The third-order valence-electron chi connectivity index (χ3n) is 8.04. The van der Waals surface area contributed by atoms with Crippen LogP contribution in [0.4, 0.5) is 0 Å². The van der Waals surface area contributed by atoms with Crippen molar-refractivity contribution >= 4 is 11.6 Å². The summed E-state index contributed by atoms with van der Waals surface area (Å²) in [6, 6.07) is 14.8. The van der Waals surface area contributed by atoms with E-state index in [4.69, 9.17) is 16.3 Å². The lowest BCUT2D eigenvalue weighted by Crippen LogP contribution is -2.47. The Balaban J connectivity index is 1.27. The summed E-state index contributed by atoms with van der Waals surface area (Å²) in [4.78, 5) is 0. The molecule has 3 fully saturated rings. The summed E-state index contributed by atoms with van der Waals surface area (Å²) in [6.45, 7) is -0.330. The first-order valence-corrected chi connectivity index (χ1v) is 12.3. The Morgan fingerprint density at radius 2 is 1.62 bits per heavy atom. The van der Waals surface area contributed by atoms with E-state index in [1.54, 1.807) is 0 Å². The van der Waals surface area contributed by atoms with Crippen molar-refractivity contribution < 1.29 is 20.1 Å². The zero-order valence-electron chi connectivity index (χ0n) is 18.4. The molecule has 1 spiro atoms. The lowest BCUT2D eigenvalue weighted by molar-refractivity contribution is -0.181. The number of aliphatic hydroxyl groups excluding tert-OH is 3. The fourth-order valence-electron chi connectivity index (χ4n) is 5.62. The van der Waals surface area contributed by atoms with Crippen LogP contribution in [-0.2, 0) is 11.2 Å². The number of benzene rings is 2. The van der Waals surface area contributed by atoms with Gasteiger partial charge in [-0.2, -0.15) is 0 Å². The molecule has 0 aromatic heterocycles. The highest BCUT2D eigenvalue weighted by Gasteiger charge is 2.44. The van der Waals surface area contributed by atoms with Gasteiger partial charge in [0.1, 0.15) is 12.2 Å². The summed E-state index contributed by atoms with van der Waals surface area (Å²) >= 11 is 6.51. The average Bonchev–Trinajstić information content (AvgIpc) is 3.57. The molecule has 172 valence electrons. The fraction of sp³-hybridized carbons (Fsp3) is 0.556. The smallest absolute Gasteiger partial charge is 0.110 e. The van der Waals surface area contributed by atoms with Crippen LogP contribution in [0.3, 0.4) is 0 Å². The van der Waals surface area contributed by atoms with E-state index in [-0.39, 0.29) is 19.1 Å². The first-order valence-electron chi connectivity index (χ1n) is 12.0. The number of halogens is 1. The highest BCUT2D eigenvalue weighted by Crippen LogP contribution is 2.58. The molecular weight excluding hydrogens is 424 g/mol. The van der Waals surface area contributed by atoms with Crippen LogP contribution in [0.25, 0.3) is 0 Å². The second-order valence-electron chi connectivity index (χ2n) is 10.2. The number of hydrogen-bond acceptors (Lipinski definition) is 4. The van der Waals surface area contributed by atoms with Crippen molar-refractivity contribution in [1.29, 1.82) is 0 Å². The third-order valence-corrected chi connectivity index (χ3v) is 8.41. The second kappa shape index (κ2) is 9.08. The van der Waals surface area contributed by atoms with E-state index in [0.29, 0.717) is 10.9 Å². The first-order chi connectivity index (χ1) is 15.5. The lowest BCUT2D eigenvalue weighted by Gasteiger charge is -2.36. The van der Waals surface area contributed by atoms with Crippen LogP contribution in [0.2, 0.25) is 5.02 Å². The van der Waals surface area contributed by atoms with Crippen molar-refractivity contribution in [2.24, 2.45) is 5.41 Å². The molecule has 32 heavy (non-hydrogen) atoms. The molecule has 4 atom stereocenters. The quantitative estimate of drug-likeness (QED) is 0.597. The van der Waals surface area contributed by atoms with Crippen LogP contribution in [0.5, 0.6) is 0 Å². The van der Waals surface area contributed by atoms with E-state index >= 15 is 0 Å². The van der Waals surface area contributed by atoms with Gasteiger partial charge in [0, 0.05) is 11.4 Å². The molecule has 2 aliphatic carbocycles. The summed E-state index contributed by atoms with van der Waals surface area (Å²) in [6.07, 6.45) is 6.19. The van der Waals surface area contributed by atoms with Gasteiger partial charge >= 0.3 is 0 Å². The van der Waals surface area contributed by atoms with Gasteiger partial charge in [0.15, 0.2) is 0 Å². The van der Waals surface area contributed by atoms with Crippen molar-refractivity contribution in [3.63, 3.8) is 0 Å². The van der Waals surface area contributed by atoms with Crippen molar-refractivity contribution in [2.45, 2.75) is 81.7 Å². The average molecular weight is 457 g/mol. The van der Waals surface area contributed by atoms with Crippen LogP contribution in [0.15, 0.2) is 42.5 Å². The maximum atomic E-state index is 10.2. The Morgan fingerprint density at radius 3 is 2.28 bits per heavy atom. The van der Waals surface area contributed by atoms with Gasteiger partial charge in [0.2, 0.25) is 0 Å². The summed E-state index contributed by atoms with van der Waals surface area (Å²) in [5, 5.41) is 30.3. The van der Waals surface area contributed by atoms with Crippen LogP contribution in [0.1, 0.15) is 79.2 Å². The molecule has 1 heterocycles. The molecule has 4 nitrogen and oxygen atoms in total. The molecule has 5 rings (SSSR count). The summed E-state index contributed by atoms with van der Waals surface area (Å²) in [5.74, 6) is 0.701. The highest BCUT2D eigenvalue weighted by atomic mass is 35.5. The Hall–Kier alpha value is -1.43. The standard InChI is InChI=1S/C27H33ClO4/c28-22-6-5-20(24-15-23(30)26(31)25(16-29)32-24)14-21(22)13-17-1-3-18(4-2-17)19-7-9-27(10-8-19)11-12-27/h1-6,14,19,23-26,29-31H,7-13,15-16H2/t23?,24-,25?,26-/m0/s1. The Kier molecular flexibility index (Phi) is 6.34. The van der Waals surface area contributed by atoms with Crippen molar-refractivity contribution in [1.82, 2.24) is 0 Å². The monoisotopic (exact) mass is 456 g/mol. The third kappa shape index (κ3) is 4.62. The van der Waals surface area contributed by atoms with Crippen molar-refractivity contribution in [2.75, 3.05) is 6.61 Å². The van der Waals surface area contributed by atoms with E-state index in [9.17, 15) is 15.3 Å². The minimum Gasteiger partial charge on any atom is -0.394 e. The molecule has 0 radical (unpaired) electrons. The van der Waals surface area contributed by atoms with E-state index in [2.05, 4.69) is 24.3 Å². The van der Waals surface area contributed by atoms with Gasteiger partial charge in [-0.05, 0) is 84.6 Å². The van der Waals surface area contributed by atoms with Crippen LogP contribution in [-0.4, -0.2) is 40.2 Å². The maximum Gasteiger partial charge on any atom is 0.110 e. The lowest BCUT2D eigenvalue weighted by atomic mass is 9.77. The SMILES string of the molecule is OCC1O[C@H](c2ccc(Cl)c(Cc3ccc(C4CCC5(CC4)CC5)cc3)c2)CC(O)[C@@H]1O. The molecule has 1 aliphatic heterocycles. The van der Waals surface area contributed by atoms with Crippen LogP contribution in [0, 0.1) is 5.41 Å². The maximum absolute atomic E-state index is 10.2. The number of hydrogen-bond donors (Lipinski definition) is 3. The predicted molar refractivity (Wildman–Crippen MR) is 125 cm³/mol. The molecule has 2 unspecified atom stereocenters. The predicted octanol–water partition coefficient (Wildman–Crippen LogP) is 4.91. The van der Waals surface area contributed by atoms with Gasteiger partial charge < -0.3 is 20.1 Å². The normalized spacial score (nSPS) is 29.9. The number of rotatable bonds is 5. The largest absolute Gasteiger partial charge is 0.394 e. The van der Waals surface area contributed by atoms with E-state index in [1.165, 1.54) is 49.7 Å². The van der Waals surface area contributed by atoms with E-state index in [1.807, 2.05) is 18.2 Å².